The molecule has 0 fully saturated rings. The van der Waals surface area contributed by atoms with Crippen molar-refractivity contribution in [3.05, 3.63) is 25.4 Å². The molecule has 0 aliphatic carbocycles. The second-order valence-corrected chi connectivity index (χ2v) is 3.76. The van der Waals surface area contributed by atoms with E-state index in [1.165, 1.54) is 22.6 Å². The molecule has 6 nitrogen and oxygen atoms in total. The van der Waals surface area contributed by atoms with E-state index in [1.807, 2.05) is 0 Å². The van der Waals surface area contributed by atoms with Gasteiger partial charge in [0.2, 0.25) is 0 Å². The van der Waals surface area contributed by atoms with Crippen LogP contribution in [0, 0.1) is 13.7 Å². The maximum atomic E-state index is 11.9. The lowest BCUT2D eigenvalue weighted by molar-refractivity contribution is -0.389. The summed E-state index contributed by atoms with van der Waals surface area (Å²) in [7, 11) is 0. The van der Waals surface area contributed by atoms with Crippen molar-refractivity contribution in [1.82, 2.24) is 4.98 Å². The summed E-state index contributed by atoms with van der Waals surface area (Å²) < 4.78 is 39.3. The zero-order valence-corrected chi connectivity index (χ0v) is 9.85. The number of ether oxygens (including phenoxy) is 1. The predicted octanol–water partition coefficient (Wildman–Crippen LogP) is 2.31. The third kappa shape index (κ3) is 3.51. The minimum Gasteiger partial charge on any atom is -0.381 e. The van der Waals surface area contributed by atoms with Crippen molar-refractivity contribution in [2.45, 2.75) is 6.36 Å². The number of aldehydes is 1. The Labute approximate surface area is 105 Å². The third-order valence-corrected chi connectivity index (χ3v) is 2.33. The van der Waals surface area contributed by atoms with Gasteiger partial charge in [0.1, 0.15) is 5.69 Å². The van der Waals surface area contributed by atoms with Crippen LogP contribution in [-0.4, -0.2) is 22.6 Å². The van der Waals surface area contributed by atoms with Gasteiger partial charge in [0, 0.05) is 9.64 Å². The topological polar surface area (TPSA) is 82.3 Å². The number of pyridine rings is 1. The summed E-state index contributed by atoms with van der Waals surface area (Å²) >= 11 is 1.54. The summed E-state index contributed by atoms with van der Waals surface area (Å²) in [5.41, 5.74) is -1.33. The summed E-state index contributed by atoms with van der Waals surface area (Å²) in [5, 5.41) is 10.5. The van der Waals surface area contributed by atoms with Gasteiger partial charge in [0.15, 0.2) is 6.29 Å². The first kappa shape index (κ1) is 13.6. The number of hydrogen-bond donors (Lipinski definition) is 0. The van der Waals surface area contributed by atoms with Gasteiger partial charge in [-0.15, -0.1) is 13.2 Å². The zero-order valence-electron chi connectivity index (χ0n) is 7.69. The number of carbonyl (C=O) groups excluding carboxylic acids is 1. The van der Waals surface area contributed by atoms with Gasteiger partial charge >= 0.3 is 17.9 Å². The van der Waals surface area contributed by atoms with E-state index in [0.717, 1.165) is 6.07 Å². The van der Waals surface area contributed by atoms with Gasteiger partial charge in [0.25, 0.3) is 0 Å². The van der Waals surface area contributed by atoms with Crippen LogP contribution in [0.5, 0.6) is 5.88 Å². The highest BCUT2D eigenvalue weighted by Gasteiger charge is 2.36. The molecule has 0 aromatic carbocycles. The minimum absolute atomic E-state index is 0.0545. The quantitative estimate of drug-likeness (QED) is 0.357. The van der Waals surface area contributed by atoms with Crippen molar-refractivity contribution in [2.24, 2.45) is 0 Å². The molecule has 1 heterocycles. The molecule has 0 unspecified atom stereocenters. The molecule has 1 rings (SSSR count). The van der Waals surface area contributed by atoms with E-state index < -0.39 is 22.9 Å². The Balaban J connectivity index is 3.34. The van der Waals surface area contributed by atoms with Crippen LogP contribution >= 0.6 is 22.6 Å². The van der Waals surface area contributed by atoms with Crippen LogP contribution in [0.4, 0.5) is 18.9 Å². The monoisotopic (exact) mass is 362 g/mol. The molecule has 0 aliphatic rings. The fourth-order valence-corrected chi connectivity index (χ4v) is 1.42. The molecule has 0 atom stereocenters. The highest BCUT2D eigenvalue weighted by atomic mass is 127. The average molecular weight is 362 g/mol. The van der Waals surface area contributed by atoms with Crippen LogP contribution in [0.3, 0.4) is 0 Å². The minimum atomic E-state index is -5.12. The van der Waals surface area contributed by atoms with Gasteiger partial charge in [-0.1, -0.05) is 0 Å². The van der Waals surface area contributed by atoms with Crippen LogP contribution in [-0.2, 0) is 0 Å². The van der Waals surface area contributed by atoms with Gasteiger partial charge in [-0.05, 0) is 22.6 Å². The van der Waals surface area contributed by atoms with Gasteiger partial charge in [0.05, 0.1) is 4.92 Å². The second kappa shape index (κ2) is 4.81. The molecule has 0 aliphatic heterocycles. The lowest BCUT2D eigenvalue weighted by Gasteiger charge is -2.08. The Bertz CT molecular complexity index is 477. The average Bonchev–Trinajstić information content (AvgIpc) is 2.17. The van der Waals surface area contributed by atoms with E-state index in [9.17, 15) is 28.1 Å². The summed E-state index contributed by atoms with van der Waals surface area (Å²) in [6.45, 7) is 0. The molecule has 1 aromatic rings. The maximum Gasteiger partial charge on any atom is 0.574 e. The van der Waals surface area contributed by atoms with Crippen LogP contribution in [0.2, 0.25) is 0 Å². The molecule has 0 amide bonds. The summed E-state index contributed by atoms with van der Waals surface area (Å²) in [5.74, 6) is -1.26. The first-order chi connectivity index (χ1) is 7.74. The van der Waals surface area contributed by atoms with Crippen LogP contribution in [0.15, 0.2) is 6.07 Å². The molecule has 0 N–H and O–H groups in total. The van der Waals surface area contributed by atoms with Gasteiger partial charge in [-0.2, -0.15) is 0 Å². The van der Waals surface area contributed by atoms with Crippen molar-refractivity contribution in [3.63, 3.8) is 0 Å². The molecule has 0 bridgehead atoms. The lowest BCUT2D eigenvalue weighted by Crippen LogP contribution is -2.19. The Hall–Kier alpha value is -1.46. The normalized spacial score (nSPS) is 11.1. The highest BCUT2D eigenvalue weighted by Crippen LogP contribution is 2.31. The van der Waals surface area contributed by atoms with Crippen molar-refractivity contribution in [2.75, 3.05) is 0 Å². The SMILES string of the molecule is O=Cc1nc(OC(F)(F)F)c([N+](=O)[O-])cc1I. The molecule has 1 aromatic heterocycles. The molecule has 0 spiro atoms. The number of halogens is 4. The molecule has 0 saturated heterocycles. The van der Waals surface area contributed by atoms with Crippen LogP contribution < -0.4 is 4.74 Å². The Morgan fingerprint density at radius 3 is 2.53 bits per heavy atom. The Morgan fingerprint density at radius 2 is 2.12 bits per heavy atom. The second-order valence-electron chi connectivity index (χ2n) is 2.60. The number of alkyl halides is 3. The number of rotatable bonds is 3. The predicted molar refractivity (Wildman–Crippen MR) is 55.7 cm³/mol. The fraction of sp³-hybridized carbons (Fsp3) is 0.143. The smallest absolute Gasteiger partial charge is 0.381 e. The number of nitrogens with zero attached hydrogens (tertiary/aromatic N) is 2. The van der Waals surface area contributed by atoms with Crippen molar-refractivity contribution in [3.8, 4) is 5.88 Å². The van der Waals surface area contributed by atoms with Crippen molar-refractivity contribution < 1.29 is 27.6 Å². The summed E-state index contributed by atoms with van der Waals surface area (Å²) in [4.78, 5) is 23.0. The molecule has 17 heavy (non-hydrogen) atoms. The van der Waals surface area contributed by atoms with E-state index in [1.54, 1.807) is 0 Å². The maximum absolute atomic E-state index is 11.9. The van der Waals surface area contributed by atoms with Gasteiger partial charge < -0.3 is 4.74 Å². The number of aromatic nitrogens is 1. The molecule has 10 heteroatoms. The molecule has 0 radical (unpaired) electrons. The standard InChI is InChI=1S/C7H2F3IN2O4/c8-7(9,10)17-6-5(13(15)16)1-3(11)4(2-14)12-6/h1-2H. The third-order valence-electron chi connectivity index (χ3n) is 1.47. The molecule has 92 valence electrons. The van der Waals surface area contributed by atoms with Crippen molar-refractivity contribution in [1.29, 1.82) is 0 Å². The Morgan fingerprint density at radius 1 is 1.53 bits per heavy atom. The number of nitro groups is 1. The van der Waals surface area contributed by atoms with E-state index in [-0.39, 0.29) is 15.6 Å². The van der Waals surface area contributed by atoms with E-state index in [4.69, 9.17) is 0 Å². The highest BCUT2D eigenvalue weighted by molar-refractivity contribution is 14.1. The Kier molecular flexibility index (Phi) is 3.85. The summed E-state index contributed by atoms with van der Waals surface area (Å²) in [6, 6.07) is 0.776. The molecular weight excluding hydrogens is 360 g/mol. The summed E-state index contributed by atoms with van der Waals surface area (Å²) in [6.07, 6.45) is -4.95. The van der Waals surface area contributed by atoms with Crippen LogP contribution in [0.25, 0.3) is 0 Å². The largest absolute Gasteiger partial charge is 0.574 e. The lowest BCUT2D eigenvalue weighted by atomic mass is 10.3. The van der Waals surface area contributed by atoms with E-state index >= 15 is 0 Å². The first-order valence-corrected chi connectivity index (χ1v) is 4.88. The van der Waals surface area contributed by atoms with Gasteiger partial charge in [-0.25, -0.2) is 4.98 Å². The zero-order chi connectivity index (χ0) is 13.2. The fourth-order valence-electron chi connectivity index (χ4n) is 0.874. The van der Waals surface area contributed by atoms with E-state index in [2.05, 4.69) is 9.72 Å². The molecular formula is C7H2F3IN2O4. The number of carbonyl (C=O) groups is 1. The first-order valence-electron chi connectivity index (χ1n) is 3.80. The molecule has 0 saturated carbocycles. The van der Waals surface area contributed by atoms with Gasteiger partial charge in [-0.3, -0.25) is 14.9 Å². The van der Waals surface area contributed by atoms with Crippen LogP contribution in [0.1, 0.15) is 10.5 Å². The van der Waals surface area contributed by atoms with Crippen molar-refractivity contribution >= 4 is 34.6 Å². The van der Waals surface area contributed by atoms with E-state index in [0.29, 0.717) is 0 Å². The number of hydrogen-bond acceptors (Lipinski definition) is 5.